The molecule has 0 aromatic carbocycles. The Kier molecular flexibility index (Phi) is 5.52. The zero-order valence-corrected chi connectivity index (χ0v) is 13.6. The number of piperazine rings is 1. The second kappa shape index (κ2) is 7.39. The molecule has 1 unspecified atom stereocenters. The van der Waals surface area contributed by atoms with Crippen molar-refractivity contribution >= 4 is 18.3 Å². The van der Waals surface area contributed by atoms with Gasteiger partial charge < -0.3 is 14.8 Å². The van der Waals surface area contributed by atoms with Crippen LogP contribution >= 0.6 is 12.4 Å². The number of amides is 1. The van der Waals surface area contributed by atoms with Crippen molar-refractivity contribution in [2.75, 3.05) is 19.6 Å². The minimum absolute atomic E-state index is 0. The second-order valence-electron chi connectivity index (χ2n) is 5.37. The number of carbonyl (C=O) groups excluding carboxylic acids is 1. The van der Waals surface area contributed by atoms with E-state index in [0.29, 0.717) is 18.7 Å². The van der Waals surface area contributed by atoms with Gasteiger partial charge in [-0.1, -0.05) is 6.07 Å². The summed E-state index contributed by atoms with van der Waals surface area (Å²) in [4.78, 5) is 30.5. The summed E-state index contributed by atoms with van der Waals surface area (Å²) in [6.45, 7) is 2.03. The topological polar surface area (TPSA) is 67.2 Å². The Morgan fingerprint density at radius 1 is 1.39 bits per heavy atom. The highest BCUT2D eigenvalue weighted by Crippen LogP contribution is 2.23. The molecule has 1 N–H and O–H groups in total. The summed E-state index contributed by atoms with van der Waals surface area (Å²) in [6, 6.07) is 6.84. The molecule has 3 rings (SSSR count). The predicted octanol–water partition coefficient (Wildman–Crippen LogP) is 0.989. The van der Waals surface area contributed by atoms with Crippen molar-refractivity contribution in [2.24, 2.45) is 7.05 Å². The minimum atomic E-state index is -0.182. The van der Waals surface area contributed by atoms with Gasteiger partial charge in [0.2, 0.25) is 0 Å². The van der Waals surface area contributed by atoms with Crippen molar-refractivity contribution in [1.82, 2.24) is 19.8 Å². The van der Waals surface area contributed by atoms with Crippen molar-refractivity contribution in [2.45, 2.75) is 6.04 Å². The van der Waals surface area contributed by atoms with Gasteiger partial charge in [0.25, 0.3) is 11.5 Å². The Bertz CT molecular complexity index is 732. The van der Waals surface area contributed by atoms with Crippen molar-refractivity contribution < 1.29 is 4.79 Å². The SMILES string of the molecule is Cl.Cn1ccc(C(=O)N2CCNCC2c2cccnc2)cc1=O. The van der Waals surface area contributed by atoms with E-state index in [1.54, 1.807) is 31.7 Å². The van der Waals surface area contributed by atoms with Crippen LogP contribution in [0.2, 0.25) is 0 Å². The maximum absolute atomic E-state index is 12.8. The van der Waals surface area contributed by atoms with Crippen LogP contribution in [0.3, 0.4) is 0 Å². The van der Waals surface area contributed by atoms with Crippen LogP contribution in [0.15, 0.2) is 47.7 Å². The van der Waals surface area contributed by atoms with Gasteiger partial charge in [0, 0.05) is 56.9 Å². The third-order valence-corrected chi connectivity index (χ3v) is 3.92. The molecular formula is C16H19ClN4O2. The molecule has 1 saturated heterocycles. The number of pyridine rings is 2. The number of nitrogens with one attached hydrogen (secondary N) is 1. The third kappa shape index (κ3) is 3.60. The third-order valence-electron chi connectivity index (χ3n) is 3.92. The molecule has 1 fully saturated rings. The van der Waals surface area contributed by atoms with Gasteiger partial charge in [0.05, 0.1) is 6.04 Å². The summed E-state index contributed by atoms with van der Waals surface area (Å²) in [6.07, 6.45) is 5.12. The first-order valence-electron chi connectivity index (χ1n) is 7.25. The number of carbonyl (C=O) groups is 1. The zero-order chi connectivity index (χ0) is 15.5. The van der Waals surface area contributed by atoms with Crippen molar-refractivity contribution in [1.29, 1.82) is 0 Å². The molecule has 0 radical (unpaired) electrons. The average molecular weight is 335 g/mol. The molecule has 1 aliphatic heterocycles. The van der Waals surface area contributed by atoms with Crippen LogP contribution in [0.1, 0.15) is 22.0 Å². The fraction of sp³-hybridized carbons (Fsp3) is 0.312. The van der Waals surface area contributed by atoms with Gasteiger partial charge in [-0.15, -0.1) is 12.4 Å². The largest absolute Gasteiger partial charge is 0.329 e. The van der Waals surface area contributed by atoms with Gasteiger partial charge in [-0.25, -0.2) is 0 Å². The Balaban J connectivity index is 0.00000192. The van der Waals surface area contributed by atoms with Crippen LogP contribution in [0.5, 0.6) is 0 Å². The van der Waals surface area contributed by atoms with E-state index in [1.807, 2.05) is 17.0 Å². The van der Waals surface area contributed by atoms with Crippen molar-refractivity contribution in [3.63, 3.8) is 0 Å². The van der Waals surface area contributed by atoms with Crippen molar-refractivity contribution in [3.05, 3.63) is 64.3 Å². The number of halogens is 1. The summed E-state index contributed by atoms with van der Waals surface area (Å²) < 4.78 is 1.45. The lowest BCUT2D eigenvalue weighted by Gasteiger charge is -2.36. The molecule has 23 heavy (non-hydrogen) atoms. The fourth-order valence-electron chi connectivity index (χ4n) is 2.67. The second-order valence-corrected chi connectivity index (χ2v) is 5.37. The predicted molar refractivity (Wildman–Crippen MR) is 89.8 cm³/mol. The van der Waals surface area contributed by atoms with Crippen LogP contribution < -0.4 is 10.9 Å². The number of hydrogen-bond acceptors (Lipinski definition) is 4. The Hall–Kier alpha value is -2.18. The van der Waals surface area contributed by atoms with E-state index >= 15 is 0 Å². The van der Waals surface area contributed by atoms with Gasteiger partial charge in [-0.05, 0) is 17.7 Å². The maximum atomic E-state index is 12.8. The van der Waals surface area contributed by atoms with Gasteiger partial charge in [0.1, 0.15) is 0 Å². The molecule has 0 bridgehead atoms. The van der Waals surface area contributed by atoms with Crippen LogP contribution in [0, 0.1) is 0 Å². The van der Waals surface area contributed by atoms with Crippen LogP contribution in [-0.4, -0.2) is 40.0 Å². The average Bonchev–Trinajstić information content (AvgIpc) is 2.57. The molecule has 7 heteroatoms. The lowest BCUT2D eigenvalue weighted by Crippen LogP contribution is -2.48. The minimum Gasteiger partial charge on any atom is -0.329 e. The number of aromatic nitrogens is 2. The smallest absolute Gasteiger partial charge is 0.254 e. The monoisotopic (exact) mass is 334 g/mol. The number of hydrogen-bond donors (Lipinski definition) is 1. The molecule has 2 aromatic rings. The first-order valence-corrected chi connectivity index (χ1v) is 7.25. The zero-order valence-electron chi connectivity index (χ0n) is 12.8. The van der Waals surface area contributed by atoms with Gasteiger partial charge in [0.15, 0.2) is 0 Å². The van der Waals surface area contributed by atoms with E-state index in [4.69, 9.17) is 0 Å². The molecule has 1 aliphatic rings. The molecule has 0 saturated carbocycles. The fourth-order valence-corrected chi connectivity index (χ4v) is 2.67. The molecule has 1 atom stereocenters. The van der Waals surface area contributed by atoms with E-state index in [2.05, 4.69) is 10.3 Å². The molecule has 2 aromatic heterocycles. The summed E-state index contributed by atoms with van der Waals surface area (Å²) in [5, 5.41) is 3.30. The maximum Gasteiger partial charge on any atom is 0.254 e. The standard InChI is InChI=1S/C16H18N4O2.ClH/c1-19-7-4-12(9-15(19)21)16(22)20-8-6-18-11-14(20)13-3-2-5-17-10-13;/h2-5,7,9-10,14,18H,6,8,11H2,1H3;1H. The van der Waals surface area contributed by atoms with Crippen LogP contribution in [0.4, 0.5) is 0 Å². The lowest BCUT2D eigenvalue weighted by atomic mass is 10.0. The quantitative estimate of drug-likeness (QED) is 0.889. The van der Waals surface area contributed by atoms with Gasteiger partial charge in [-0.3, -0.25) is 14.6 Å². The number of nitrogens with zero attached hydrogens (tertiary/aromatic N) is 3. The van der Waals surface area contributed by atoms with E-state index in [9.17, 15) is 9.59 Å². The summed E-state index contributed by atoms with van der Waals surface area (Å²) >= 11 is 0. The Labute approximate surface area is 140 Å². The van der Waals surface area contributed by atoms with Crippen LogP contribution in [0.25, 0.3) is 0 Å². The highest BCUT2D eigenvalue weighted by Gasteiger charge is 2.28. The molecule has 1 amide bonds. The normalized spacial score (nSPS) is 17.4. The molecule has 3 heterocycles. The van der Waals surface area contributed by atoms with E-state index in [0.717, 1.165) is 12.1 Å². The molecular weight excluding hydrogens is 316 g/mol. The molecule has 0 spiro atoms. The molecule has 122 valence electrons. The Morgan fingerprint density at radius 2 is 2.22 bits per heavy atom. The summed E-state index contributed by atoms with van der Waals surface area (Å²) in [7, 11) is 1.67. The molecule has 0 aliphatic carbocycles. The first kappa shape index (κ1) is 17.2. The lowest BCUT2D eigenvalue weighted by molar-refractivity contribution is 0.0633. The highest BCUT2D eigenvalue weighted by molar-refractivity contribution is 5.94. The van der Waals surface area contributed by atoms with Gasteiger partial charge >= 0.3 is 0 Å². The Morgan fingerprint density at radius 3 is 2.91 bits per heavy atom. The highest BCUT2D eigenvalue weighted by atomic mass is 35.5. The van der Waals surface area contributed by atoms with E-state index < -0.39 is 0 Å². The summed E-state index contributed by atoms with van der Waals surface area (Å²) in [5.74, 6) is -0.118. The van der Waals surface area contributed by atoms with Gasteiger partial charge in [-0.2, -0.15) is 0 Å². The first-order chi connectivity index (χ1) is 10.7. The van der Waals surface area contributed by atoms with E-state index in [1.165, 1.54) is 10.6 Å². The van der Waals surface area contributed by atoms with Crippen molar-refractivity contribution in [3.8, 4) is 0 Å². The number of rotatable bonds is 2. The van der Waals surface area contributed by atoms with Crippen LogP contribution in [-0.2, 0) is 7.05 Å². The summed E-state index contributed by atoms with van der Waals surface area (Å²) in [5.41, 5.74) is 1.24. The number of aryl methyl sites for hydroxylation is 1. The molecule has 6 nitrogen and oxygen atoms in total. The van der Waals surface area contributed by atoms with E-state index in [-0.39, 0.29) is 29.9 Å².